The van der Waals surface area contributed by atoms with Crippen LogP contribution in [-0.2, 0) is 0 Å². The molecule has 1 amide bonds. The van der Waals surface area contributed by atoms with E-state index in [2.05, 4.69) is 49.5 Å². The topological polar surface area (TPSA) is 45.5 Å². The van der Waals surface area contributed by atoms with Gasteiger partial charge in [-0.15, -0.1) is 0 Å². The van der Waals surface area contributed by atoms with Gasteiger partial charge in [-0.1, -0.05) is 44.2 Å². The highest BCUT2D eigenvalue weighted by Crippen LogP contribution is 2.24. The molecule has 1 unspecified atom stereocenters. The average molecular weight is 326 g/mol. The molecule has 4 heteroatoms. The quantitative estimate of drug-likeness (QED) is 0.907. The molecule has 0 aliphatic carbocycles. The number of benzene rings is 1. The third kappa shape index (κ3) is 3.88. The second-order valence-electron chi connectivity index (χ2n) is 6.88. The highest BCUT2D eigenvalue weighted by atomic mass is 16.3. The van der Waals surface area contributed by atoms with Crippen LogP contribution >= 0.6 is 0 Å². The van der Waals surface area contributed by atoms with Crippen LogP contribution in [0.4, 0.5) is 0 Å². The zero-order valence-electron chi connectivity index (χ0n) is 14.4. The van der Waals surface area contributed by atoms with Gasteiger partial charge in [0.15, 0.2) is 0 Å². The Bertz CT molecular complexity index is 629. The Morgan fingerprint density at radius 2 is 1.88 bits per heavy atom. The predicted molar refractivity (Wildman–Crippen MR) is 94.8 cm³/mol. The molecule has 1 aromatic heterocycles. The van der Waals surface area contributed by atoms with Gasteiger partial charge in [0, 0.05) is 25.2 Å². The highest BCUT2D eigenvalue weighted by Gasteiger charge is 2.26. The molecule has 1 aliphatic heterocycles. The molecule has 1 N–H and O–H groups in total. The summed E-state index contributed by atoms with van der Waals surface area (Å²) < 4.78 is 5.02. The number of carbonyl (C=O) groups excluding carboxylic acids is 1. The lowest BCUT2D eigenvalue weighted by atomic mass is 9.93. The molecule has 4 nitrogen and oxygen atoms in total. The number of hydrogen-bond acceptors (Lipinski definition) is 3. The predicted octanol–water partition coefficient (Wildman–Crippen LogP) is 3.87. The zero-order valence-corrected chi connectivity index (χ0v) is 14.4. The van der Waals surface area contributed by atoms with Crippen molar-refractivity contribution in [2.75, 3.05) is 13.1 Å². The first-order chi connectivity index (χ1) is 11.6. The molecule has 2 heterocycles. The highest BCUT2D eigenvalue weighted by molar-refractivity contribution is 5.93. The van der Waals surface area contributed by atoms with E-state index in [9.17, 15) is 4.79 Å². The molecular formula is C20H26N2O2. The van der Waals surface area contributed by atoms with Gasteiger partial charge in [0.1, 0.15) is 6.26 Å². The average Bonchev–Trinajstić information content (AvgIpc) is 3.15. The lowest BCUT2D eigenvalue weighted by Gasteiger charge is -2.35. The Kier molecular flexibility index (Phi) is 5.36. The van der Waals surface area contributed by atoms with Crippen molar-refractivity contribution < 1.29 is 9.21 Å². The van der Waals surface area contributed by atoms with E-state index in [0.29, 0.717) is 23.6 Å². The van der Waals surface area contributed by atoms with E-state index in [-0.39, 0.29) is 5.91 Å². The van der Waals surface area contributed by atoms with Crippen molar-refractivity contribution in [3.8, 4) is 0 Å². The van der Waals surface area contributed by atoms with Gasteiger partial charge < -0.3 is 14.6 Å². The Morgan fingerprint density at radius 3 is 2.46 bits per heavy atom. The number of nitrogens with zero attached hydrogens (tertiary/aromatic N) is 1. The number of hydrogen-bond donors (Lipinski definition) is 1. The first-order valence-corrected chi connectivity index (χ1v) is 8.77. The van der Waals surface area contributed by atoms with Gasteiger partial charge in [-0.3, -0.25) is 4.79 Å². The largest absolute Gasteiger partial charge is 0.472 e. The van der Waals surface area contributed by atoms with Crippen molar-refractivity contribution in [2.45, 2.75) is 38.8 Å². The lowest BCUT2D eigenvalue weighted by molar-refractivity contribution is 0.0698. The van der Waals surface area contributed by atoms with Crippen molar-refractivity contribution in [1.29, 1.82) is 0 Å². The van der Waals surface area contributed by atoms with Crippen molar-refractivity contribution >= 4 is 5.91 Å². The molecule has 0 bridgehead atoms. The van der Waals surface area contributed by atoms with Crippen molar-refractivity contribution in [3.63, 3.8) is 0 Å². The van der Waals surface area contributed by atoms with Crippen LogP contribution in [0.15, 0.2) is 53.3 Å². The zero-order chi connectivity index (χ0) is 16.9. The van der Waals surface area contributed by atoms with E-state index in [1.54, 1.807) is 12.3 Å². The maximum Gasteiger partial charge on any atom is 0.257 e. The molecule has 1 fully saturated rings. The summed E-state index contributed by atoms with van der Waals surface area (Å²) in [7, 11) is 0. The number of carbonyl (C=O) groups is 1. The number of likely N-dealkylation sites (tertiary alicyclic amines) is 1. The second kappa shape index (κ2) is 7.67. The van der Waals surface area contributed by atoms with Crippen LogP contribution in [-0.4, -0.2) is 29.9 Å². The van der Waals surface area contributed by atoms with Crippen LogP contribution in [0.1, 0.15) is 48.7 Å². The normalized spacial score (nSPS) is 17.2. The minimum absolute atomic E-state index is 0.0747. The first kappa shape index (κ1) is 16.8. The van der Waals surface area contributed by atoms with Crippen LogP contribution < -0.4 is 5.32 Å². The van der Waals surface area contributed by atoms with Gasteiger partial charge in [-0.25, -0.2) is 0 Å². The summed E-state index contributed by atoms with van der Waals surface area (Å²) in [4.78, 5) is 14.3. The van der Waals surface area contributed by atoms with Gasteiger partial charge in [0.25, 0.3) is 5.91 Å². The van der Waals surface area contributed by atoms with E-state index < -0.39 is 0 Å². The molecule has 0 radical (unpaired) electrons. The summed E-state index contributed by atoms with van der Waals surface area (Å²) >= 11 is 0. The molecule has 128 valence electrons. The van der Waals surface area contributed by atoms with Crippen LogP contribution in [0, 0.1) is 5.92 Å². The van der Waals surface area contributed by atoms with Crippen LogP contribution in [0.3, 0.4) is 0 Å². The minimum Gasteiger partial charge on any atom is -0.472 e. The van der Waals surface area contributed by atoms with Gasteiger partial charge >= 0.3 is 0 Å². The van der Waals surface area contributed by atoms with E-state index in [4.69, 9.17) is 4.42 Å². The minimum atomic E-state index is 0.0747. The fraction of sp³-hybridized carbons (Fsp3) is 0.450. The maximum atomic E-state index is 12.4. The van der Waals surface area contributed by atoms with E-state index in [0.717, 1.165) is 25.9 Å². The summed E-state index contributed by atoms with van der Waals surface area (Å²) in [5.41, 5.74) is 1.98. The summed E-state index contributed by atoms with van der Waals surface area (Å²) in [6, 6.07) is 13.2. The number of nitrogens with one attached hydrogen (secondary N) is 1. The standard InChI is InChI=1S/C20H26N2O2/c1-15(2)19(16-6-4-3-5-7-16)21-18-8-11-22(12-9-18)20(23)17-10-13-24-14-17/h3-7,10,13-15,18-19,21H,8-9,11-12H2,1-2H3. The molecule has 2 aromatic rings. The van der Waals surface area contributed by atoms with Crippen molar-refractivity contribution in [2.24, 2.45) is 5.92 Å². The third-order valence-electron chi connectivity index (χ3n) is 4.79. The molecule has 0 saturated carbocycles. The Hall–Kier alpha value is -2.07. The maximum absolute atomic E-state index is 12.4. The molecular weight excluding hydrogens is 300 g/mol. The van der Waals surface area contributed by atoms with Gasteiger partial charge in [-0.05, 0) is 30.4 Å². The lowest BCUT2D eigenvalue weighted by Crippen LogP contribution is -2.46. The van der Waals surface area contributed by atoms with Crippen molar-refractivity contribution in [1.82, 2.24) is 10.2 Å². The Morgan fingerprint density at radius 1 is 1.17 bits per heavy atom. The van der Waals surface area contributed by atoms with Crippen LogP contribution in [0.25, 0.3) is 0 Å². The summed E-state index contributed by atoms with van der Waals surface area (Å²) in [5.74, 6) is 0.601. The summed E-state index contributed by atoms with van der Waals surface area (Å²) in [6.07, 6.45) is 5.05. The van der Waals surface area contributed by atoms with Crippen LogP contribution in [0.2, 0.25) is 0 Å². The smallest absolute Gasteiger partial charge is 0.257 e. The molecule has 3 rings (SSSR count). The fourth-order valence-electron chi connectivity index (χ4n) is 3.41. The molecule has 1 saturated heterocycles. The molecule has 1 aromatic carbocycles. The third-order valence-corrected chi connectivity index (χ3v) is 4.79. The van der Waals surface area contributed by atoms with E-state index in [1.807, 2.05) is 4.90 Å². The fourth-order valence-corrected chi connectivity index (χ4v) is 3.41. The Labute approximate surface area is 143 Å². The second-order valence-corrected chi connectivity index (χ2v) is 6.88. The number of piperidine rings is 1. The Balaban J connectivity index is 1.57. The summed E-state index contributed by atoms with van der Waals surface area (Å²) in [5, 5.41) is 3.81. The van der Waals surface area contributed by atoms with Gasteiger partial charge in [-0.2, -0.15) is 0 Å². The summed E-state index contributed by atoms with van der Waals surface area (Å²) in [6.45, 7) is 6.09. The van der Waals surface area contributed by atoms with E-state index in [1.165, 1.54) is 11.8 Å². The molecule has 1 atom stereocenters. The monoisotopic (exact) mass is 326 g/mol. The number of amides is 1. The number of rotatable bonds is 5. The molecule has 24 heavy (non-hydrogen) atoms. The van der Waals surface area contributed by atoms with Crippen LogP contribution in [0.5, 0.6) is 0 Å². The molecule has 1 aliphatic rings. The SMILES string of the molecule is CC(C)C(NC1CCN(C(=O)c2ccoc2)CC1)c1ccccc1. The van der Waals surface area contributed by atoms with Gasteiger partial charge in [0.05, 0.1) is 11.8 Å². The molecule has 0 spiro atoms. The van der Waals surface area contributed by atoms with E-state index >= 15 is 0 Å². The van der Waals surface area contributed by atoms with Gasteiger partial charge in [0.2, 0.25) is 0 Å². The van der Waals surface area contributed by atoms with Crippen molar-refractivity contribution in [3.05, 3.63) is 60.1 Å². The first-order valence-electron chi connectivity index (χ1n) is 8.77. The number of furan rings is 1.